The molecule has 1 amide bonds. The minimum atomic E-state index is -1.09. The molecule has 11 heteroatoms. The summed E-state index contributed by atoms with van der Waals surface area (Å²) in [6.45, 7) is 1.88. The number of rotatable bonds is 5. The molecule has 29 heavy (non-hydrogen) atoms. The Balaban J connectivity index is 1.39. The van der Waals surface area contributed by atoms with E-state index in [1.54, 1.807) is 12.3 Å². The van der Waals surface area contributed by atoms with Crippen molar-refractivity contribution in [1.29, 1.82) is 0 Å². The fourth-order valence-corrected chi connectivity index (χ4v) is 3.61. The Bertz CT molecular complexity index is 1010. The number of halogens is 2. The number of hydrogen-bond acceptors (Lipinski definition) is 8. The van der Waals surface area contributed by atoms with Crippen LogP contribution in [0.2, 0.25) is 0 Å². The highest BCUT2D eigenvalue weighted by Crippen LogP contribution is 2.22. The summed E-state index contributed by atoms with van der Waals surface area (Å²) in [6, 6.07) is 6.94. The molecule has 0 spiro atoms. The van der Waals surface area contributed by atoms with Gasteiger partial charge in [0.25, 0.3) is 0 Å². The number of benzene rings is 1. The van der Waals surface area contributed by atoms with E-state index in [1.807, 2.05) is 17.8 Å². The van der Waals surface area contributed by atoms with E-state index in [2.05, 4.69) is 30.7 Å². The summed E-state index contributed by atoms with van der Waals surface area (Å²) in [5.74, 6) is -0.109. The summed E-state index contributed by atoms with van der Waals surface area (Å²) >= 11 is 1.91. The third-order valence-corrected chi connectivity index (χ3v) is 5.10. The molecule has 0 saturated carbocycles. The van der Waals surface area contributed by atoms with Crippen molar-refractivity contribution in [2.24, 2.45) is 0 Å². The average Bonchev–Trinajstić information content (AvgIpc) is 3.21. The van der Waals surface area contributed by atoms with Crippen LogP contribution in [-0.4, -0.2) is 45.7 Å². The molecule has 2 N–H and O–H groups in total. The first-order chi connectivity index (χ1) is 14.1. The van der Waals surface area contributed by atoms with Gasteiger partial charge in [0.2, 0.25) is 0 Å². The zero-order chi connectivity index (χ0) is 20.2. The second-order valence-electron chi connectivity index (χ2n) is 6.10. The summed E-state index contributed by atoms with van der Waals surface area (Å²) in [5.41, 5.74) is 0.283. The summed E-state index contributed by atoms with van der Waals surface area (Å²) in [6.07, 6.45) is 1.55. The van der Waals surface area contributed by atoms with Gasteiger partial charge in [0.1, 0.15) is 5.82 Å². The van der Waals surface area contributed by atoms with Crippen LogP contribution in [0.3, 0.4) is 0 Å². The normalized spacial score (nSPS) is 13.9. The minimum Gasteiger partial charge on any atom is -0.399 e. The maximum atomic E-state index is 13.7. The molecule has 0 bridgehead atoms. The van der Waals surface area contributed by atoms with Gasteiger partial charge in [0.05, 0.1) is 17.6 Å². The van der Waals surface area contributed by atoms with E-state index in [9.17, 15) is 13.6 Å². The van der Waals surface area contributed by atoms with Gasteiger partial charge >= 0.3 is 17.8 Å². The van der Waals surface area contributed by atoms with E-state index >= 15 is 0 Å². The largest absolute Gasteiger partial charge is 0.399 e. The summed E-state index contributed by atoms with van der Waals surface area (Å²) < 4.78 is 32.1. The third-order valence-electron chi connectivity index (χ3n) is 4.15. The lowest BCUT2D eigenvalue weighted by molar-refractivity contribution is 0.0991. The van der Waals surface area contributed by atoms with Crippen LogP contribution >= 0.6 is 11.8 Å². The lowest BCUT2D eigenvalue weighted by Crippen LogP contribution is -2.33. The van der Waals surface area contributed by atoms with Gasteiger partial charge in [-0.1, -0.05) is 11.2 Å². The Morgan fingerprint density at radius 1 is 1.14 bits per heavy atom. The molecule has 1 aromatic carbocycles. The summed E-state index contributed by atoms with van der Waals surface area (Å²) in [4.78, 5) is 18.8. The zero-order valence-electron chi connectivity index (χ0n) is 15.1. The second-order valence-corrected chi connectivity index (χ2v) is 7.32. The highest BCUT2D eigenvalue weighted by molar-refractivity contribution is 7.99. The van der Waals surface area contributed by atoms with E-state index < -0.39 is 17.5 Å². The molecule has 0 atom stereocenters. The van der Waals surface area contributed by atoms with E-state index in [0.717, 1.165) is 36.5 Å². The predicted octanol–water partition coefficient (Wildman–Crippen LogP) is 3.29. The number of carbonyl (C=O) groups is 1. The molecular weight excluding hydrogens is 402 g/mol. The van der Waals surface area contributed by atoms with Crippen LogP contribution in [0.15, 0.2) is 40.9 Å². The Morgan fingerprint density at radius 3 is 2.72 bits per heavy atom. The van der Waals surface area contributed by atoms with E-state index in [0.29, 0.717) is 5.69 Å². The molecule has 1 aliphatic rings. The molecule has 1 fully saturated rings. The van der Waals surface area contributed by atoms with Crippen LogP contribution in [0.1, 0.15) is 10.7 Å². The monoisotopic (exact) mass is 418 g/mol. The van der Waals surface area contributed by atoms with Gasteiger partial charge in [-0.2, -0.15) is 11.8 Å². The van der Waals surface area contributed by atoms with Gasteiger partial charge < -0.3 is 20.0 Å². The topological polar surface area (TPSA) is 96.2 Å². The van der Waals surface area contributed by atoms with Crippen molar-refractivity contribution in [2.45, 2.75) is 0 Å². The minimum absolute atomic E-state index is 0.184. The predicted molar refractivity (Wildman–Crippen MR) is 106 cm³/mol. The number of pyridine rings is 1. The number of carbonyl (C=O) groups excluding carboxylic acids is 1. The number of hydrogen-bond donors (Lipinski definition) is 2. The molecule has 0 unspecified atom stereocenters. The van der Waals surface area contributed by atoms with Crippen molar-refractivity contribution in [1.82, 2.24) is 15.2 Å². The van der Waals surface area contributed by atoms with Crippen molar-refractivity contribution in [3.8, 4) is 0 Å². The fourth-order valence-electron chi connectivity index (χ4n) is 2.71. The number of nitrogens with one attached hydrogen (secondary N) is 2. The van der Waals surface area contributed by atoms with Crippen LogP contribution < -0.4 is 15.5 Å². The molecule has 1 saturated heterocycles. The van der Waals surface area contributed by atoms with E-state index in [4.69, 9.17) is 4.42 Å². The fraction of sp³-hybridized carbons (Fsp3) is 0.222. The third kappa shape index (κ3) is 4.45. The Morgan fingerprint density at radius 2 is 1.97 bits per heavy atom. The molecule has 150 valence electrons. The quantitative estimate of drug-likeness (QED) is 0.652. The van der Waals surface area contributed by atoms with Crippen molar-refractivity contribution < 1.29 is 18.0 Å². The average molecular weight is 418 g/mol. The highest BCUT2D eigenvalue weighted by Gasteiger charge is 2.18. The van der Waals surface area contributed by atoms with Crippen LogP contribution in [-0.2, 0) is 0 Å². The smallest absolute Gasteiger partial charge is 0.320 e. The number of nitrogens with zero attached hydrogens (tertiary/aromatic N) is 4. The van der Waals surface area contributed by atoms with Crippen molar-refractivity contribution in [2.75, 3.05) is 40.1 Å². The lowest BCUT2D eigenvalue weighted by Gasteiger charge is -2.27. The maximum Gasteiger partial charge on any atom is 0.320 e. The first kappa shape index (κ1) is 19.1. The molecular formula is C18H16F2N6O2S. The molecule has 1 aliphatic heterocycles. The van der Waals surface area contributed by atoms with E-state index in [-0.39, 0.29) is 17.6 Å². The van der Waals surface area contributed by atoms with Crippen molar-refractivity contribution >= 4 is 40.9 Å². The molecule has 4 rings (SSSR count). The first-order valence-corrected chi connectivity index (χ1v) is 9.90. The standard InChI is InChI=1S/C18H16F2N6O2S/c19-12-2-1-3-13(15(12)20)23-18-25-24-17(28-18)16(27)22-11-4-5-14(21-10-11)26-6-8-29-9-7-26/h1-5,10H,6-9H2,(H,22,27)(H,23,25). The summed E-state index contributed by atoms with van der Waals surface area (Å²) in [7, 11) is 0. The molecule has 3 aromatic rings. The number of amides is 1. The highest BCUT2D eigenvalue weighted by atomic mass is 32.2. The van der Waals surface area contributed by atoms with Crippen LogP contribution in [0.25, 0.3) is 0 Å². The molecule has 0 radical (unpaired) electrons. The maximum absolute atomic E-state index is 13.7. The van der Waals surface area contributed by atoms with Crippen LogP contribution in [0.4, 0.5) is 32.0 Å². The van der Waals surface area contributed by atoms with Crippen LogP contribution in [0.5, 0.6) is 0 Å². The van der Waals surface area contributed by atoms with Gasteiger partial charge in [0, 0.05) is 24.6 Å². The van der Waals surface area contributed by atoms with Gasteiger partial charge in [-0.15, -0.1) is 5.10 Å². The van der Waals surface area contributed by atoms with Gasteiger partial charge in [-0.3, -0.25) is 4.79 Å². The summed E-state index contributed by atoms with van der Waals surface area (Å²) in [5, 5.41) is 12.3. The van der Waals surface area contributed by atoms with Gasteiger partial charge in [-0.05, 0) is 24.3 Å². The Hall–Kier alpha value is -3.21. The Kier molecular flexibility index (Phi) is 5.56. The number of thioether (sulfide) groups is 1. The van der Waals surface area contributed by atoms with Crippen molar-refractivity contribution in [3.63, 3.8) is 0 Å². The second kappa shape index (κ2) is 8.43. The van der Waals surface area contributed by atoms with Gasteiger partial charge in [-0.25, -0.2) is 13.8 Å². The molecule has 8 nitrogen and oxygen atoms in total. The number of anilines is 4. The van der Waals surface area contributed by atoms with Crippen molar-refractivity contribution in [3.05, 3.63) is 54.1 Å². The molecule has 2 aromatic heterocycles. The molecule has 3 heterocycles. The number of aromatic nitrogens is 3. The first-order valence-electron chi connectivity index (χ1n) is 8.75. The Labute approximate surface area is 168 Å². The van der Waals surface area contributed by atoms with Crippen LogP contribution in [0, 0.1) is 11.6 Å². The SMILES string of the molecule is O=C(Nc1ccc(N2CCSCC2)nc1)c1nnc(Nc2cccc(F)c2F)o1. The zero-order valence-corrected chi connectivity index (χ0v) is 15.9. The lowest BCUT2D eigenvalue weighted by atomic mass is 10.3. The van der Waals surface area contributed by atoms with E-state index in [1.165, 1.54) is 12.1 Å². The molecule has 0 aliphatic carbocycles. The van der Waals surface area contributed by atoms with Gasteiger partial charge in [0.15, 0.2) is 11.6 Å².